The highest BCUT2D eigenvalue weighted by Gasteiger charge is 2.40. The van der Waals surface area contributed by atoms with Crippen LogP contribution in [-0.2, 0) is 16.0 Å². The average Bonchev–Trinajstić information content (AvgIpc) is 2.91. The molecule has 2 aliphatic heterocycles. The lowest BCUT2D eigenvalue weighted by atomic mass is 10.0. The maximum atomic E-state index is 5.79. The normalized spacial score (nSPS) is 24.5. The Balaban J connectivity index is 1.66. The van der Waals surface area contributed by atoms with E-state index in [2.05, 4.69) is 32.3 Å². The molecule has 17 heavy (non-hydrogen) atoms. The molecule has 0 atom stereocenters. The molecule has 94 valence electrons. The van der Waals surface area contributed by atoms with Crippen LogP contribution in [0.3, 0.4) is 0 Å². The molecule has 2 aliphatic rings. The van der Waals surface area contributed by atoms with E-state index in [9.17, 15) is 0 Å². The van der Waals surface area contributed by atoms with Crippen molar-refractivity contribution < 1.29 is 9.47 Å². The third-order valence-electron chi connectivity index (χ3n) is 3.37. The Morgan fingerprint density at radius 1 is 1.41 bits per heavy atom. The second kappa shape index (κ2) is 4.97. The molecule has 0 amide bonds. The monoisotopic (exact) mass is 317 g/mol. The molecule has 3 nitrogen and oxygen atoms in total. The molecule has 0 unspecified atom stereocenters. The van der Waals surface area contributed by atoms with Crippen LogP contribution in [0.25, 0.3) is 0 Å². The Hall–Kier alpha value is 0.0600. The zero-order valence-electron chi connectivity index (χ0n) is 9.65. The fraction of sp³-hybridized carbons (Fsp3) is 0.667. The first-order chi connectivity index (χ1) is 8.27. The number of hydrogen-bond acceptors (Lipinski definition) is 4. The van der Waals surface area contributed by atoms with Crippen LogP contribution in [0.1, 0.15) is 17.7 Å². The summed E-state index contributed by atoms with van der Waals surface area (Å²) in [6.45, 7) is 4.52. The van der Waals surface area contributed by atoms with Gasteiger partial charge in [0.15, 0.2) is 5.79 Å². The molecule has 0 aromatic carbocycles. The minimum absolute atomic E-state index is 0.304. The van der Waals surface area contributed by atoms with Crippen molar-refractivity contribution in [3.63, 3.8) is 0 Å². The zero-order valence-corrected chi connectivity index (χ0v) is 12.1. The second-order valence-electron chi connectivity index (χ2n) is 4.61. The molecule has 0 aliphatic carbocycles. The summed E-state index contributed by atoms with van der Waals surface area (Å²) >= 11 is 5.39. The smallest absolute Gasteiger partial charge is 0.181 e. The maximum absolute atomic E-state index is 5.79. The number of ether oxygens (including phenoxy) is 2. The molecule has 2 fully saturated rings. The third-order valence-corrected chi connectivity index (χ3v) is 5.28. The molecule has 1 aromatic rings. The fourth-order valence-electron chi connectivity index (χ4n) is 2.58. The van der Waals surface area contributed by atoms with E-state index in [0.717, 1.165) is 45.7 Å². The topological polar surface area (TPSA) is 21.7 Å². The van der Waals surface area contributed by atoms with Crippen LogP contribution in [-0.4, -0.2) is 37.0 Å². The Morgan fingerprint density at radius 3 is 2.94 bits per heavy atom. The van der Waals surface area contributed by atoms with Crippen LogP contribution in [0, 0.1) is 0 Å². The summed E-state index contributed by atoms with van der Waals surface area (Å²) in [5.74, 6) is -0.304. The van der Waals surface area contributed by atoms with Crippen molar-refractivity contribution >= 4 is 27.3 Å². The highest BCUT2D eigenvalue weighted by molar-refractivity contribution is 9.10. The van der Waals surface area contributed by atoms with Gasteiger partial charge in [-0.25, -0.2) is 0 Å². The summed E-state index contributed by atoms with van der Waals surface area (Å²) in [7, 11) is 0. The summed E-state index contributed by atoms with van der Waals surface area (Å²) in [6, 6.07) is 2.11. The maximum Gasteiger partial charge on any atom is 0.181 e. The van der Waals surface area contributed by atoms with E-state index in [1.165, 1.54) is 9.35 Å². The Kier molecular flexibility index (Phi) is 3.54. The Morgan fingerprint density at radius 2 is 2.24 bits per heavy atom. The van der Waals surface area contributed by atoms with Crippen LogP contribution in [0.15, 0.2) is 15.9 Å². The third kappa shape index (κ3) is 2.58. The number of rotatable bonds is 2. The lowest BCUT2D eigenvalue weighted by Crippen LogP contribution is -2.48. The first kappa shape index (κ1) is 12.1. The molecule has 1 aromatic heterocycles. The molecule has 0 radical (unpaired) electrons. The standard InChI is InChI=1S/C12H16BrNO2S/c13-10-2-7-17-11(10)8-14-4-1-3-12(9-14)15-5-6-16-12/h2,7H,1,3-6,8-9H2. The van der Waals surface area contributed by atoms with E-state index in [-0.39, 0.29) is 5.79 Å². The molecule has 3 heterocycles. The number of piperidine rings is 1. The molecule has 5 heteroatoms. The summed E-state index contributed by atoms with van der Waals surface area (Å²) in [5.41, 5.74) is 0. The fourth-order valence-corrected chi connectivity index (χ4v) is 4.10. The van der Waals surface area contributed by atoms with Gasteiger partial charge in [-0.15, -0.1) is 11.3 Å². The zero-order chi connectivity index (χ0) is 11.7. The van der Waals surface area contributed by atoms with Gasteiger partial charge in [-0.1, -0.05) is 0 Å². The predicted octanol–water partition coefficient (Wildman–Crippen LogP) is 2.85. The molecule has 2 saturated heterocycles. The number of halogens is 1. The van der Waals surface area contributed by atoms with Gasteiger partial charge in [-0.2, -0.15) is 0 Å². The van der Waals surface area contributed by atoms with Gasteiger partial charge >= 0.3 is 0 Å². The van der Waals surface area contributed by atoms with Gasteiger partial charge in [0.2, 0.25) is 0 Å². The first-order valence-corrected chi connectivity index (χ1v) is 7.67. The van der Waals surface area contributed by atoms with E-state index < -0.39 is 0 Å². The van der Waals surface area contributed by atoms with Crippen molar-refractivity contribution in [1.82, 2.24) is 4.90 Å². The molecule has 0 bridgehead atoms. The van der Waals surface area contributed by atoms with Crippen LogP contribution in [0.2, 0.25) is 0 Å². The lowest BCUT2D eigenvalue weighted by molar-refractivity contribution is -0.190. The minimum Gasteiger partial charge on any atom is -0.346 e. The minimum atomic E-state index is -0.304. The van der Waals surface area contributed by atoms with Crippen LogP contribution in [0.5, 0.6) is 0 Å². The SMILES string of the molecule is Brc1ccsc1CN1CCCC2(C1)OCCO2. The van der Waals surface area contributed by atoms with Gasteiger partial charge in [0.05, 0.1) is 19.8 Å². The predicted molar refractivity (Wildman–Crippen MR) is 71.2 cm³/mol. The van der Waals surface area contributed by atoms with E-state index in [4.69, 9.17) is 9.47 Å². The summed E-state index contributed by atoms with van der Waals surface area (Å²) in [4.78, 5) is 3.82. The number of nitrogens with zero attached hydrogens (tertiary/aromatic N) is 1. The molecule has 3 rings (SSSR count). The first-order valence-electron chi connectivity index (χ1n) is 6.00. The molecule has 1 spiro atoms. The summed E-state index contributed by atoms with van der Waals surface area (Å²) < 4.78 is 12.8. The Bertz CT molecular complexity index is 390. The van der Waals surface area contributed by atoms with Gasteiger partial charge < -0.3 is 9.47 Å². The van der Waals surface area contributed by atoms with Crippen molar-refractivity contribution in [3.05, 3.63) is 20.8 Å². The molecular formula is C12H16BrNO2S. The molecule has 0 N–H and O–H groups in total. The highest BCUT2D eigenvalue weighted by Crippen LogP contribution is 2.32. The van der Waals surface area contributed by atoms with Crippen molar-refractivity contribution in [3.8, 4) is 0 Å². The summed E-state index contributed by atoms with van der Waals surface area (Å²) in [6.07, 6.45) is 2.19. The second-order valence-corrected chi connectivity index (χ2v) is 6.47. The quantitative estimate of drug-likeness (QED) is 0.837. The van der Waals surface area contributed by atoms with Gasteiger partial charge in [-0.3, -0.25) is 4.90 Å². The van der Waals surface area contributed by atoms with E-state index in [0.29, 0.717) is 0 Å². The van der Waals surface area contributed by atoms with Crippen molar-refractivity contribution in [1.29, 1.82) is 0 Å². The van der Waals surface area contributed by atoms with Crippen molar-refractivity contribution in [2.45, 2.75) is 25.2 Å². The van der Waals surface area contributed by atoms with E-state index in [1.807, 2.05) is 0 Å². The van der Waals surface area contributed by atoms with Gasteiger partial charge in [0.25, 0.3) is 0 Å². The van der Waals surface area contributed by atoms with Gasteiger partial charge in [0, 0.05) is 22.3 Å². The lowest BCUT2D eigenvalue weighted by Gasteiger charge is -2.38. The van der Waals surface area contributed by atoms with Gasteiger partial charge in [0.1, 0.15) is 0 Å². The van der Waals surface area contributed by atoms with E-state index in [1.54, 1.807) is 11.3 Å². The van der Waals surface area contributed by atoms with E-state index >= 15 is 0 Å². The van der Waals surface area contributed by atoms with Crippen molar-refractivity contribution in [2.75, 3.05) is 26.3 Å². The molecular weight excluding hydrogens is 302 g/mol. The number of hydrogen-bond donors (Lipinski definition) is 0. The van der Waals surface area contributed by atoms with Crippen LogP contribution < -0.4 is 0 Å². The largest absolute Gasteiger partial charge is 0.346 e. The highest BCUT2D eigenvalue weighted by atomic mass is 79.9. The average molecular weight is 318 g/mol. The van der Waals surface area contributed by atoms with Crippen LogP contribution >= 0.6 is 27.3 Å². The van der Waals surface area contributed by atoms with Crippen LogP contribution in [0.4, 0.5) is 0 Å². The van der Waals surface area contributed by atoms with Crippen molar-refractivity contribution in [2.24, 2.45) is 0 Å². The summed E-state index contributed by atoms with van der Waals surface area (Å²) in [5, 5.41) is 2.13. The molecule has 0 saturated carbocycles. The van der Waals surface area contributed by atoms with Gasteiger partial charge in [-0.05, 0) is 40.3 Å². The number of likely N-dealkylation sites (tertiary alicyclic amines) is 1. The number of thiophene rings is 1. The Labute approximate surface area is 114 Å².